The Hall–Kier alpha value is -1.25. The molecule has 0 aliphatic rings. The van der Waals surface area contributed by atoms with Crippen molar-refractivity contribution in [3.63, 3.8) is 0 Å². The van der Waals surface area contributed by atoms with Gasteiger partial charge in [0.25, 0.3) is 0 Å². The second-order valence-electron chi connectivity index (χ2n) is 3.64. The first-order valence-electron chi connectivity index (χ1n) is 4.72. The van der Waals surface area contributed by atoms with E-state index in [0.29, 0.717) is 12.0 Å². The van der Waals surface area contributed by atoms with E-state index in [1.165, 1.54) is 6.07 Å². The summed E-state index contributed by atoms with van der Waals surface area (Å²) in [5.74, 6) is -1.73. The number of hydrogen-bond acceptors (Lipinski definition) is 2. The van der Waals surface area contributed by atoms with Crippen LogP contribution in [0.5, 0.6) is 11.5 Å². The molecule has 0 aromatic heterocycles. The minimum atomic E-state index is -0.697. The lowest BCUT2D eigenvalue weighted by Gasteiger charge is -2.14. The summed E-state index contributed by atoms with van der Waals surface area (Å²) >= 11 is 0. The highest BCUT2D eigenvalue weighted by atomic mass is 19.1. The molecule has 14 heavy (non-hydrogen) atoms. The third-order valence-corrected chi connectivity index (χ3v) is 2.30. The van der Waals surface area contributed by atoms with Crippen LogP contribution in [0.1, 0.15) is 37.8 Å². The van der Waals surface area contributed by atoms with Crippen molar-refractivity contribution >= 4 is 0 Å². The number of benzene rings is 1. The second-order valence-corrected chi connectivity index (χ2v) is 3.64. The molecule has 0 aliphatic carbocycles. The molecule has 0 spiro atoms. The molecule has 2 nitrogen and oxygen atoms in total. The van der Waals surface area contributed by atoms with E-state index >= 15 is 0 Å². The summed E-state index contributed by atoms with van der Waals surface area (Å²) in [4.78, 5) is 0. The number of rotatable bonds is 2. The smallest absolute Gasteiger partial charge is 0.194 e. The number of aromatic hydroxyl groups is 2. The number of phenols is 2. The average molecular weight is 198 g/mol. The number of aryl methyl sites for hydroxylation is 1. The number of phenolic OH excluding ortho intramolecular Hbond substituents is 2. The zero-order valence-electron chi connectivity index (χ0n) is 8.63. The lowest BCUT2D eigenvalue weighted by molar-refractivity contribution is 0.374. The van der Waals surface area contributed by atoms with Crippen LogP contribution in [0.3, 0.4) is 0 Å². The van der Waals surface area contributed by atoms with Crippen molar-refractivity contribution < 1.29 is 14.6 Å². The summed E-state index contributed by atoms with van der Waals surface area (Å²) in [7, 11) is 0. The average Bonchev–Trinajstić information content (AvgIpc) is 2.12. The van der Waals surface area contributed by atoms with Crippen LogP contribution in [-0.4, -0.2) is 10.2 Å². The zero-order valence-corrected chi connectivity index (χ0v) is 8.63. The fraction of sp³-hybridized carbons (Fsp3) is 0.455. The van der Waals surface area contributed by atoms with Crippen molar-refractivity contribution in [1.82, 2.24) is 0 Å². The third-order valence-electron chi connectivity index (χ3n) is 2.30. The highest BCUT2D eigenvalue weighted by molar-refractivity contribution is 5.48. The van der Waals surface area contributed by atoms with Gasteiger partial charge in [-0.05, 0) is 29.5 Å². The molecule has 0 unspecified atom stereocenters. The molecule has 0 radical (unpaired) electrons. The summed E-state index contributed by atoms with van der Waals surface area (Å²) in [6.45, 7) is 5.60. The molecule has 0 aliphatic heterocycles. The van der Waals surface area contributed by atoms with Crippen molar-refractivity contribution in [2.24, 2.45) is 0 Å². The molecule has 1 rings (SSSR count). The largest absolute Gasteiger partial charge is 0.504 e. The summed E-state index contributed by atoms with van der Waals surface area (Å²) < 4.78 is 13.6. The molecule has 0 saturated carbocycles. The van der Waals surface area contributed by atoms with E-state index in [9.17, 15) is 14.6 Å². The molecule has 0 bridgehead atoms. The Kier molecular flexibility index (Phi) is 2.99. The lowest BCUT2D eigenvalue weighted by Crippen LogP contribution is -2.00. The van der Waals surface area contributed by atoms with Crippen LogP contribution in [0, 0.1) is 5.82 Å². The molecule has 0 heterocycles. The van der Waals surface area contributed by atoms with Crippen LogP contribution < -0.4 is 0 Å². The molecular weight excluding hydrogens is 183 g/mol. The van der Waals surface area contributed by atoms with Gasteiger partial charge in [0.2, 0.25) is 0 Å². The van der Waals surface area contributed by atoms with Gasteiger partial charge >= 0.3 is 0 Å². The van der Waals surface area contributed by atoms with Crippen molar-refractivity contribution in [2.75, 3.05) is 0 Å². The van der Waals surface area contributed by atoms with Gasteiger partial charge in [-0.25, -0.2) is 4.39 Å². The topological polar surface area (TPSA) is 40.5 Å². The first-order chi connectivity index (χ1) is 6.49. The van der Waals surface area contributed by atoms with Gasteiger partial charge in [-0.1, -0.05) is 20.8 Å². The lowest BCUT2D eigenvalue weighted by atomic mass is 9.94. The molecule has 1 aromatic rings. The van der Waals surface area contributed by atoms with E-state index in [1.54, 1.807) is 0 Å². The Morgan fingerprint density at radius 2 is 1.93 bits per heavy atom. The maximum Gasteiger partial charge on any atom is 0.194 e. The van der Waals surface area contributed by atoms with E-state index in [1.807, 2.05) is 20.8 Å². The van der Waals surface area contributed by atoms with Crippen molar-refractivity contribution in [3.05, 3.63) is 23.0 Å². The van der Waals surface area contributed by atoms with E-state index in [2.05, 4.69) is 0 Å². The first-order valence-corrected chi connectivity index (χ1v) is 4.72. The van der Waals surface area contributed by atoms with Gasteiger partial charge in [0.1, 0.15) is 0 Å². The predicted octanol–water partition coefficient (Wildman–Crippen LogP) is 2.92. The maximum atomic E-state index is 13.6. The Morgan fingerprint density at radius 3 is 2.36 bits per heavy atom. The van der Waals surface area contributed by atoms with Crippen LogP contribution >= 0.6 is 0 Å². The van der Waals surface area contributed by atoms with Crippen LogP contribution in [-0.2, 0) is 6.42 Å². The molecule has 78 valence electrons. The van der Waals surface area contributed by atoms with E-state index in [4.69, 9.17) is 0 Å². The highest BCUT2D eigenvalue weighted by Crippen LogP contribution is 2.36. The monoisotopic (exact) mass is 198 g/mol. The first kappa shape index (κ1) is 10.8. The summed E-state index contributed by atoms with van der Waals surface area (Å²) in [6.07, 6.45) is 0.637. The Balaban J connectivity index is 3.45. The summed E-state index contributed by atoms with van der Waals surface area (Å²) in [6, 6.07) is 1.42. The van der Waals surface area contributed by atoms with Gasteiger partial charge < -0.3 is 10.2 Å². The molecule has 1 aromatic carbocycles. The standard InChI is InChI=1S/C11H15FO2/c1-4-7-5-8(13)11(14)10(12)9(7)6(2)3/h5-6,13-14H,4H2,1-3H3. The molecule has 0 amide bonds. The zero-order chi connectivity index (χ0) is 10.9. The minimum Gasteiger partial charge on any atom is -0.504 e. The van der Waals surface area contributed by atoms with Crippen LogP contribution in [0.4, 0.5) is 4.39 Å². The Bertz CT molecular complexity index is 346. The van der Waals surface area contributed by atoms with Crippen molar-refractivity contribution in [1.29, 1.82) is 0 Å². The molecule has 0 fully saturated rings. The van der Waals surface area contributed by atoms with Gasteiger partial charge in [-0.2, -0.15) is 0 Å². The van der Waals surface area contributed by atoms with Gasteiger partial charge in [0.05, 0.1) is 0 Å². The SMILES string of the molecule is CCc1cc(O)c(O)c(F)c1C(C)C. The third kappa shape index (κ3) is 1.67. The Labute approximate surface area is 83.0 Å². The van der Waals surface area contributed by atoms with Crippen LogP contribution in [0.25, 0.3) is 0 Å². The van der Waals surface area contributed by atoms with Crippen molar-refractivity contribution in [2.45, 2.75) is 33.1 Å². The quantitative estimate of drug-likeness (QED) is 0.717. The van der Waals surface area contributed by atoms with Gasteiger partial charge in [-0.15, -0.1) is 0 Å². The van der Waals surface area contributed by atoms with Gasteiger partial charge in [-0.3, -0.25) is 0 Å². The van der Waals surface area contributed by atoms with E-state index < -0.39 is 11.6 Å². The molecule has 0 saturated heterocycles. The number of hydrogen-bond donors (Lipinski definition) is 2. The van der Waals surface area contributed by atoms with E-state index in [0.717, 1.165) is 5.56 Å². The Morgan fingerprint density at radius 1 is 1.36 bits per heavy atom. The molecule has 2 N–H and O–H groups in total. The number of halogens is 1. The minimum absolute atomic E-state index is 0.00329. The van der Waals surface area contributed by atoms with Gasteiger partial charge in [0, 0.05) is 0 Å². The van der Waals surface area contributed by atoms with Gasteiger partial charge in [0.15, 0.2) is 17.3 Å². The molecule has 3 heteroatoms. The normalized spacial score (nSPS) is 10.9. The fourth-order valence-corrected chi connectivity index (χ4v) is 1.61. The van der Waals surface area contributed by atoms with Crippen LogP contribution in [0.15, 0.2) is 6.07 Å². The van der Waals surface area contributed by atoms with Crippen LogP contribution in [0.2, 0.25) is 0 Å². The highest BCUT2D eigenvalue weighted by Gasteiger charge is 2.18. The van der Waals surface area contributed by atoms with E-state index in [-0.39, 0.29) is 11.7 Å². The van der Waals surface area contributed by atoms with Crippen molar-refractivity contribution in [3.8, 4) is 11.5 Å². The predicted molar refractivity (Wildman–Crippen MR) is 53.2 cm³/mol. The summed E-state index contributed by atoms with van der Waals surface area (Å²) in [5, 5.41) is 18.5. The fourth-order valence-electron chi connectivity index (χ4n) is 1.61. The summed E-state index contributed by atoms with van der Waals surface area (Å²) in [5.41, 5.74) is 1.23. The molecular formula is C11H15FO2. The second kappa shape index (κ2) is 3.86. The molecule has 0 atom stereocenters. The maximum absolute atomic E-state index is 13.6.